The fourth-order valence-corrected chi connectivity index (χ4v) is 2.32. The van der Waals surface area contributed by atoms with Crippen molar-refractivity contribution in [3.05, 3.63) is 53.9 Å². The summed E-state index contributed by atoms with van der Waals surface area (Å²) < 4.78 is 1.77. The Labute approximate surface area is 136 Å². The smallest absolute Gasteiger partial charge is 0.314 e. The van der Waals surface area contributed by atoms with E-state index in [9.17, 15) is 9.90 Å². The highest BCUT2D eigenvalue weighted by molar-refractivity contribution is 5.73. The Kier molecular flexibility index (Phi) is 6.62. The molecular formula is C17H24N4O2. The zero-order valence-electron chi connectivity index (χ0n) is 13.4. The molecule has 0 saturated carbocycles. The number of carbonyl (C=O) groups is 1. The summed E-state index contributed by atoms with van der Waals surface area (Å²) in [5, 5.41) is 19.7. The molecule has 1 aromatic carbocycles. The maximum absolute atomic E-state index is 11.7. The second-order valence-corrected chi connectivity index (χ2v) is 5.52. The van der Waals surface area contributed by atoms with Gasteiger partial charge in [-0.1, -0.05) is 30.3 Å². The molecule has 1 atom stereocenters. The highest BCUT2D eigenvalue weighted by Gasteiger charge is 2.07. The Morgan fingerprint density at radius 2 is 2.00 bits per heavy atom. The van der Waals surface area contributed by atoms with Crippen molar-refractivity contribution in [3.8, 4) is 0 Å². The molecule has 0 saturated heterocycles. The van der Waals surface area contributed by atoms with Crippen LogP contribution in [0.2, 0.25) is 0 Å². The van der Waals surface area contributed by atoms with Crippen LogP contribution in [0.15, 0.2) is 42.7 Å². The molecular weight excluding hydrogens is 292 g/mol. The van der Waals surface area contributed by atoms with Gasteiger partial charge in [0.15, 0.2) is 0 Å². The van der Waals surface area contributed by atoms with Gasteiger partial charge in [0.25, 0.3) is 0 Å². The van der Waals surface area contributed by atoms with E-state index in [0.717, 1.165) is 18.4 Å². The average Bonchev–Trinajstić information content (AvgIpc) is 2.98. The third kappa shape index (κ3) is 6.12. The first-order valence-electron chi connectivity index (χ1n) is 7.87. The van der Waals surface area contributed by atoms with Crippen LogP contribution < -0.4 is 10.6 Å². The van der Waals surface area contributed by atoms with Crippen molar-refractivity contribution in [1.82, 2.24) is 20.4 Å². The standard InChI is InChI=1S/C17H24N4O2/c1-21-13-14(12-20-21)6-5-10-18-17(23)19-11-9-16(22)15-7-3-2-4-8-15/h2-4,7-8,12-13,16,22H,5-6,9-11H2,1H3,(H2,18,19,23). The molecule has 23 heavy (non-hydrogen) atoms. The number of aryl methyl sites for hydroxylation is 2. The molecule has 6 nitrogen and oxygen atoms in total. The molecule has 2 rings (SSSR count). The monoisotopic (exact) mass is 316 g/mol. The summed E-state index contributed by atoms with van der Waals surface area (Å²) >= 11 is 0. The Hall–Kier alpha value is -2.34. The number of benzene rings is 1. The lowest BCUT2D eigenvalue weighted by atomic mass is 10.1. The quantitative estimate of drug-likeness (QED) is 0.650. The number of hydrogen-bond acceptors (Lipinski definition) is 3. The maximum Gasteiger partial charge on any atom is 0.314 e. The Morgan fingerprint density at radius 1 is 1.26 bits per heavy atom. The van der Waals surface area contributed by atoms with E-state index in [-0.39, 0.29) is 6.03 Å². The van der Waals surface area contributed by atoms with Gasteiger partial charge in [0.2, 0.25) is 0 Å². The van der Waals surface area contributed by atoms with Crippen molar-refractivity contribution >= 4 is 6.03 Å². The van der Waals surface area contributed by atoms with Crippen LogP contribution in [0.1, 0.15) is 30.1 Å². The number of amides is 2. The molecule has 2 amide bonds. The minimum Gasteiger partial charge on any atom is -0.388 e. The SMILES string of the molecule is Cn1cc(CCCNC(=O)NCCC(O)c2ccccc2)cn1. The van der Waals surface area contributed by atoms with Crippen molar-refractivity contribution in [3.63, 3.8) is 0 Å². The van der Waals surface area contributed by atoms with Crippen molar-refractivity contribution < 1.29 is 9.90 Å². The number of urea groups is 1. The molecule has 0 spiro atoms. The summed E-state index contributed by atoms with van der Waals surface area (Å²) in [6, 6.07) is 9.25. The van der Waals surface area contributed by atoms with E-state index >= 15 is 0 Å². The summed E-state index contributed by atoms with van der Waals surface area (Å²) in [7, 11) is 1.89. The number of nitrogens with zero attached hydrogens (tertiary/aromatic N) is 2. The summed E-state index contributed by atoms with van der Waals surface area (Å²) in [5.41, 5.74) is 2.03. The topological polar surface area (TPSA) is 79.2 Å². The summed E-state index contributed by atoms with van der Waals surface area (Å²) in [6.07, 6.45) is 5.51. The third-order valence-electron chi connectivity index (χ3n) is 3.57. The molecule has 0 fully saturated rings. The van der Waals surface area contributed by atoms with Gasteiger partial charge < -0.3 is 15.7 Å². The molecule has 124 valence electrons. The maximum atomic E-state index is 11.7. The summed E-state index contributed by atoms with van der Waals surface area (Å²) in [5.74, 6) is 0. The normalized spacial score (nSPS) is 11.9. The number of nitrogens with one attached hydrogen (secondary N) is 2. The highest BCUT2D eigenvalue weighted by Crippen LogP contribution is 2.14. The van der Waals surface area contributed by atoms with Crippen molar-refractivity contribution in [2.24, 2.45) is 7.05 Å². The molecule has 0 aliphatic heterocycles. The molecule has 1 aromatic heterocycles. The third-order valence-corrected chi connectivity index (χ3v) is 3.57. The van der Waals surface area contributed by atoms with Gasteiger partial charge in [-0.15, -0.1) is 0 Å². The molecule has 0 aliphatic rings. The van der Waals surface area contributed by atoms with Gasteiger partial charge >= 0.3 is 6.03 Å². The van der Waals surface area contributed by atoms with Crippen LogP contribution >= 0.6 is 0 Å². The number of aliphatic hydroxyl groups is 1. The molecule has 0 radical (unpaired) electrons. The van der Waals surface area contributed by atoms with Gasteiger partial charge in [-0.25, -0.2) is 4.79 Å². The molecule has 2 aromatic rings. The number of rotatable bonds is 8. The van der Waals surface area contributed by atoms with E-state index in [1.807, 2.05) is 49.8 Å². The molecule has 1 heterocycles. The van der Waals surface area contributed by atoms with E-state index in [4.69, 9.17) is 0 Å². The molecule has 0 bridgehead atoms. The van der Waals surface area contributed by atoms with Crippen LogP contribution in [0.5, 0.6) is 0 Å². The van der Waals surface area contributed by atoms with Gasteiger partial charge in [-0.3, -0.25) is 4.68 Å². The van der Waals surface area contributed by atoms with Crippen LogP contribution in [-0.2, 0) is 13.5 Å². The Bertz CT molecular complexity index is 598. The second kappa shape index (κ2) is 8.95. The van der Waals surface area contributed by atoms with Gasteiger partial charge in [0.1, 0.15) is 0 Å². The fraction of sp³-hybridized carbons (Fsp3) is 0.412. The van der Waals surface area contributed by atoms with E-state index < -0.39 is 6.10 Å². The van der Waals surface area contributed by atoms with E-state index in [0.29, 0.717) is 19.5 Å². The van der Waals surface area contributed by atoms with E-state index in [2.05, 4.69) is 15.7 Å². The van der Waals surface area contributed by atoms with Gasteiger partial charge in [-0.05, 0) is 30.4 Å². The van der Waals surface area contributed by atoms with Gasteiger partial charge in [0.05, 0.1) is 12.3 Å². The Balaban J connectivity index is 1.55. The zero-order valence-corrected chi connectivity index (χ0v) is 13.4. The largest absolute Gasteiger partial charge is 0.388 e. The Morgan fingerprint density at radius 3 is 2.70 bits per heavy atom. The minimum atomic E-state index is -0.554. The van der Waals surface area contributed by atoms with Crippen molar-refractivity contribution in [1.29, 1.82) is 0 Å². The number of hydrogen-bond donors (Lipinski definition) is 3. The second-order valence-electron chi connectivity index (χ2n) is 5.52. The van der Waals surface area contributed by atoms with Crippen LogP contribution in [0, 0.1) is 0 Å². The first-order chi connectivity index (χ1) is 11.1. The first kappa shape index (κ1) is 17.0. The fourth-order valence-electron chi connectivity index (χ4n) is 2.32. The molecule has 1 unspecified atom stereocenters. The van der Waals surface area contributed by atoms with Crippen LogP contribution in [0.4, 0.5) is 4.79 Å². The average molecular weight is 316 g/mol. The summed E-state index contributed by atoms with van der Waals surface area (Å²) in [6.45, 7) is 1.05. The first-order valence-corrected chi connectivity index (χ1v) is 7.87. The van der Waals surface area contributed by atoms with E-state index in [1.54, 1.807) is 4.68 Å². The lowest BCUT2D eigenvalue weighted by Crippen LogP contribution is -2.37. The lowest BCUT2D eigenvalue weighted by molar-refractivity contribution is 0.167. The lowest BCUT2D eigenvalue weighted by Gasteiger charge is -2.12. The van der Waals surface area contributed by atoms with Crippen molar-refractivity contribution in [2.45, 2.75) is 25.4 Å². The summed E-state index contributed by atoms with van der Waals surface area (Å²) in [4.78, 5) is 11.7. The minimum absolute atomic E-state index is 0.198. The highest BCUT2D eigenvalue weighted by atomic mass is 16.3. The number of aliphatic hydroxyl groups excluding tert-OH is 1. The van der Waals surface area contributed by atoms with E-state index in [1.165, 1.54) is 5.56 Å². The predicted octanol–water partition coefficient (Wildman–Crippen LogP) is 1.78. The predicted molar refractivity (Wildman–Crippen MR) is 88.9 cm³/mol. The van der Waals surface area contributed by atoms with Crippen LogP contribution in [-0.4, -0.2) is 34.0 Å². The van der Waals surface area contributed by atoms with Crippen LogP contribution in [0.25, 0.3) is 0 Å². The number of aromatic nitrogens is 2. The van der Waals surface area contributed by atoms with Crippen molar-refractivity contribution in [2.75, 3.05) is 13.1 Å². The van der Waals surface area contributed by atoms with Gasteiger partial charge in [0, 0.05) is 26.3 Å². The zero-order chi connectivity index (χ0) is 16.5. The van der Waals surface area contributed by atoms with Crippen LogP contribution in [0.3, 0.4) is 0 Å². The molecule has 0 aliphatic carbocycles. The van der Waals surface area contributed by atoms with Gasteiger partial charge in [-0.2, -0.15) is 5.10 Å². The number of carbonyl (C=O) groups excluding carboxylic acids is 1. The molecule has 3 N–H and O–H groups in total. The molecule has 6 heteroatoms.